The predicted molar refractivity (Wildman–Crippen MR) is 86.1 cm³/mol. The van der Waals surface area contributed by atoms with E-state index in [1.165, 1.54) is 0 Å². The van der Waals surface area contributed by atoms with Crippen LogP contribution in [-0.2, 0) is 9.59 Å². The van der Waals surface area contributed by atoms with Crippen molar-refractivity contribution < 1.29 is 18.7 Å². The molecule has 0 saturated heterocycles. The van der Waals surface area contributed by atoms with Crippen LogP contribution in [0, 0.1) is 6.92 Å². The van der Waals surface area contributed by atoms with Crippen molar-refractivity contribution in [2.45, 2.75) is 19.9 Å². The fraction of sp³-hybridized carbons (Fsp3) is 0.375. The van der Waals surface area contributed by atoms with E-state index >= 15 is 0 Å². The van der Waals surface area contributed by atoms with Crippen molar-refractivity contribution >= 4 is 22.8 Å². The van der Waals surface area contributed by atoms with Gasteiger partial charge < -0.3 is 25.5 Å². The summed E-state index contributed by atoms with van der Waals surface area (Å²) in [6.07, 6.45) is 0. The Hall–Kier alpha value is -2.54. The first-order chi connectivity index (χ1) is 11.0. The molecule has 0 radical (unpaired) electrons. The standard InChI is InChI=1S/C16H21N3O4/c1-9-12-6-11(22-3)4-5-13(12)23-16(9)10(2)19-15(21)8-18-14(20)7-17/h4-6,10H,7-8,17H2,1-3H3,(H,18,20)(H,19,21). The highest BCUT2D eigenvalue weighted by atomic mass is 16.5. The summed E-state index contributed by atoms with van der Waals surface area (Å²) in [6, 6.07) is 5.23. The van der Waals surface area contributed by atoms with E-state index < -0.39 is 0 Å². The van der Waals surface area contributed by atoms with Crippen molar-refractivity contribution in [3.05, 3.63) is 29.5 Å². The molecule has 2 aromatic rings. The third-order valence-corrected chi connectivity index (χ3v) is 3.58. The van der Waals surface area contributed by atoms with Gasteiger partial charge in [-0.3, -0.25) is 9.59 Å². The summed E-state index contributed by atoms with van der Waals surface area (Å²) < 4.78 is 11.0. The van der Waals surface area contributed by atoms with Crippen LogP contribution < -0.4 is 21.1 Å². The summed E-state index contributed by atoms with van der Waals surface area (Å²) in [6.45, 7) is 3.49. The minimum atomic E-state index is -0.375. The van der Waals surface area contributed by atoms with Gasteiger partial charge in [-0.25, -0.2) is 0 Å². The maximum absolute atomic E-state index is 11.8. The number of nitrogens with one attached hydrogen (secondary N) is 2. The van der Waals surface area contributed by atoms with E-state index in [0.29, 0.717) is 5.76 Å². The molecule has 1 atom stereocenters. The lowest BCUT2D eigenvalue weighted by atomic mass is 10.1. The van der Waals surface area contributed by atoms with Gasteiger partial charge in [0.1, 0.15) is 17.1 Å². The minimum absolute atomic E-state index is 0.118. The molecule has 0 aliphatic heterocycles. The molecule has 1 aromatic heterocycles. The molecule has 1 unspecified atom stereocenters. The second-order valence-electron chi connectivity index (χ2n) is 5.22. The van der Waals surface area contributed by atoms with Gasteiger partial charge in [0, 0.05) is 10.9 Å². The van der Waals surface area contributed by atoms with Crippen LogP contribution in [0.1, 0.15) is 24.3 Å². The summed E-state index contributed by atoms with van der Waals surface area (Å²) >= 11 is 0. The Balaban J connectivity index is 2.11. The number of hydrogen-bond donors (Lipinski definition) is 3. The third kappa shape index (κ3) is 3.81. The van der Waals surface area contributed by atoms with Crippen LogP contribution in [-0.4, -0.2) is 32.0 Å². The molecule has 0 saturated carbocycles. The minimum Gasteiger partial charge on any atom is -0.497 e. The van der Waals surface area contributed by atoms with Gasteiger partial charge >= 0.3 is 0 Å². The number of furan rings is 1. The van der Waals surface area contributed by atoms with E-state index in [4.69, 9.17) is 14.9 Å². The number of benzene rings is 1. The molecule has 4 N–H and O–H groups in total. The molecule has 23 heavy (non-hydrogen) atoms. The normalized spacial score (nSPS) is 12.0. The Morgan fingerprint density at radius 3 is 2.74 bits per heavy atom. The first-order valence-corrected chi connectivity index (χ1v) is 7.29. The van der Waals surface area contributed by atoms with E-state index in [-0.39, 0.29) is 30.9 Å². The number of rotatable bonds is 6. The van der Waals surface area contributed by atoms with Crippen LogP contribution in [0.15, 0.2) is 22.6 Å². The molecular formula is C16H21N3O4. The first-order valence-electron chi connectivity index (χ1n) is 7.29. The van der Waals surface area contributed by atoms with Gasteiger partial charge in [-0.1, -0.05) is 0 Å². The van der Waals surface area contributed by atoms with Crippen molar-refractivity contribution in [3.8, 4) is 5.75 Å². The average Bonchev–Trinajstić information content (AvgIpc) is 2.89. The van der Waals surface area contributed by atoms with Crippen LogP contribution in [0.3, 0.4) is 0 Å². The Bertz CT molecular complexity index is 723. The fourth-order valence-corrected chi connectivity index (χ4v) is 2.37. The molecule has 0 bridgehead atoms. The Kier molecular flexibility index (Phi) is 5.23. The zero-order valence-corrected chi connectivity index (χ0v) is 13.4. The summed E-state index contributed by atoms with van der Waals surface area (Å²) in [5, 5.41) is 6.15. The lowest BCUT2D eigenvalue weighted by molar-refractivity contribution is -0.125. The lowest BCUT2D eigenvalue weighted by Gasteiger charge is -2.13. The molecule has 2 amide bonds. The van der Waals surface area contributed by atoms with Crippen LogP contribution in [0.25, 0.3) is 11.0 Å². The highest BCUT2D eigenvalue weighted by Gasteiger charge is 2.19. The Morgan fingerprint density at radius 2 is 2.09 bits per heavy atom. The van der Waals surface area contributed by atoms with Gasteiger partial charge in [-0.2, -0.15) is 0 Å². The number of ether oxygens (including phenoxy) is 1. The zero-order chi connectivity index (χ0) is 17.0. The van der Waals surface area contributed by atoms with E-state index in [0.717, 1.165) is 22.3 Å². The predicted octanol–water partition coefficient (Wildman–Crippen LogP) is 1.00. The van der Waals surface area contributed by atoms with Crippen molar-refractivity contribution in [1.29, 1.82) is 0 Å². The largest absolute Gasteiger partial charge is 0.497 e. The number of methoxy groups -OCH3 is 1. The average molecular weight is 319 g/mol. The summed E-state index contributed by atoms with van der Waals surface area (Å²) in [5.74, 6) is 0.734. The van der Waals surface area contributed by atoms with Gasteiger partial charge in [0.05, 0.1) is 26.2 Å². The zero-order valence-electron chi connectivity index (χ0n) is 13.4. The number of fused-ring (bicyclic) bond motifs is 1. The molecule has 7 nitrogen and oxygen atoms in total. The highest BCUT2D eigenvalue weighted by Crippen LogP contribution is 2.31. The second-order valence-corrected chi connectivity index (χ2v) is 5.22. The van der Waals surface area contributed by atoms with E-state index in [1.54, 1.807) is 7.11 Å². The summed E-state index contributed by atoms with van der Waals surface area (Å²) in [4.78, 5) is 22.9. The van der Waals surface area contributed by atoms with Gasteiger partial charge in [-0.05, 0) is 32.0 Å². The number of carbonyl (C=O) groups excluding carboxylic acids is 2. The summed E-state index contributed by atoms with van der Waals surface area (Å²) in [5.41, 5.74) is 6.84. The van der Waals surface area contributed by atoms with Crippen molar-refractivity contribution in [2.75, 3.05) is 20.2 Å². The van der Waals surface area contributed by atoms with Crippen LogP contribution in [0.4, 0.5) is 0 Å². The van der Waals surface area contributed by atoms with E-state index in [1.807, 2.05) is 32.0 Å². The van der Waals surface area contributed by atoms with Gasteiger partial charge in [0.15, 0.2) is 0 Å². The van der Waals surface area contributed by atoms with E-state index in [2.05, 4.69) is 10.6 Å². The van der Waals surface area contributed by atoms with Gasteiger partial charge in [0.2, 0.25) is 11.8 Å². The highest BCUT2D eigenvalue weighted by molar-refractivity contribution is 5.86. The molecule has 1 heterocycles. The van der Waals surface area contributed by atoms with E-state index in [9.17, 15) is 9.59 Å². The molecule has 0 aliphatic rings. The summed E-state index contributed by atoms with van der Waals surface area (Å²) in [7, 11) is 1.61. The topological polar surface area (TPSA) is 107 Å². The Labute approximate surface area is 134 Å². The monoisotopic (exact) mass is 319 g/mol. The quantitative estimate of drug-likeness (QED) is 0.736. The molecule has 124 valence electrons. The molecule has 0 aliphatic carbocycles. The molecule has 0 spiro atoms. The molecular weight excluding hydrogens is 298 g/mol. The van der Waals surface area contributed by atoms with Crippen molar-refractivity contribution in [3.63, 3.8) is 0 Å². The lowest BCUT2D eigenvalue weighted by Crippen LogP contribution is -2.40. The smallest absolute Gasteiger partial charge is 0.239 e. The van der Waals surface area contributed by atoms with Crippen LogP contribution in [0.5, 0.6) is 5.75 Å². The fourth-order valence-electron chi connectivity index (χ4n) is 2.37. The molecule has 0 fully saturated rings. The number of aryl methyl sites for hydroxylation is 1. The van der Waals surface area contributed by atoms with Crippen LogP contribution in [0.2, 0.25) is 0 Å². The number of hydrogen-bond acceptors (Lipinski definition) is 5. The third-order valence-electron chi connectivity index (χ3n) is 3.58. The number of carbonyl (C=O) groups is 2. The first kappa shape index (κ1) is 16.8. The molecule has 7 heteroatoms. The molecule has 2 rings (SSSR count). The number of nitrogens with two attached hydrogens (primary N) is 1. The maximum Gasteiger partial charge on any atom is 0.239 e. The Morgan fingerprint density at radius 1 is 1.35 bits per heavy atom. The maximum atomic E-state index is 11.8. The van der Waals surface area contributed by atoms with Gasteiger partial charge in [0.25, 0.3) is 0 Å². The number of amides is 2. The van der Waals surface area contributed by atoms with Crippen molar-refractivity contribution in [1.82, 2.24) is 10.6 Å². The van der Waals surface area contributed by atoms with Crippen molar-refractivity contribution in [2.24, 2.45) is 5.73 Å². The second kappa shape index (κ2) is 7.15. The van der Waals surface area contributed by atoms with Crippen LogP contribution >= 0.6 is 0 Å². The SMILES string of the molecule is COc1ccc2oc(C(C)NC(=O)CNC(=O)CN)c(C)c2c1. The molecule has 1 aromatic carbocycles. The van der Waals surface area contributed by atoms with Gasteiger partial charge in [-0.15, -0.1) is 0 Å².